The van der Waals surface area contributed by atoms with Crippen LogP contribution in [-0.4, -0.2) is 14.4 Å². The maximum absolute atomic E-state index is 4.29. The Hall–Kier alpha value is -1.25. The van der Waals surface area contributed by atoms with Gasteiger partial charge in [0, 0.05) is 26.3 Å². The Kier molecular flexibility index (Phi) is 2.31. The molecule has 71 valence electrons. The Bertz CT molecular complexity index is 573. The van der Waals surface area contributed by atoms with Crippen LogP contribution in [0.15, 0.2) is 36.9 Å². The van der Waals surface area contributed by atoms with Crippen LogP contribution in [0.4, 0.5) is 0 Å². The van der Waals surface area contributed by atoms with Crippen LogP contribution in [0.1, 0.15) is 0 Å². The van der Waals surface area contributed by atoms with Gasteiger partial charge in [-0.3, -0.25) is 0 Å². The molecule has 0 N–H and O–H groups in total. The van der Waals surface area contributed by atoms with Crippen molar-refractivity contribution in [1.82, 2.24) is 14.4 Å². The molecule has 0 aromatic carbocycles. The van der Waals surface area contributed by atoms with Gasteiger partial charge in [0.15, 0.2) is 0 Å². The summed E-state index contributed by atoms with van der Waals surface area (Å²) in [6.07, 6.45) is 8.38. The molecule has 0 atom stereocenters. The fraction of sp³-hybridized carbons (Fsp3) is 0. The van der Waals surface area contributed by atoms with Crippen molar-refractivity contribution in [2.75, 3.05) is 0 Å². The third-order valence-electron chi connectivity index (χ3n) is 2.09. The molecule has 0 saturated heterocycles. The summed E-state index contributed by atoms with van der Waals surface area (Å²) in [6, 6.07) is 5.98. The van der Waals surface area contributed by atoms with Crippen molar-refractivity contribution in [3.05, 3.63) is 43.1 Å². The predicted molar refractivity (Wildman–Crippen MR) is 49.3 cm³/mol. The number of nitrogens with zero attached hydrogens (tertiary/aromatic N) is 3. The quantitative estimate of drug-likeness (QED) is 0.571. The summed E-state index contributed by atoms with van der Waals surface area (Å²) < 4.78 is 1.91. The van der Waals surface area contributed by atoms with E-state index in [2.05, 4.69) is 16.2 Å². The minimum atomic E-state index is 0. The van der Waals surface area contributed by atoms with Crippen LogP contribution in [0.5, 0.6) is 0 Å². The Morgan fingerprint density at radius 3 is 3.14 bits per heavy atom. The monoisotopic (exact) mass is 361 g/mol. The zero-order chi connectivity index (χ0) is 8.67. The molecular formula is C10H6IrN3-. The number of fused-ring (bicyclic) bond motifs is 3. The fourth-order valence-corrected chi connectivity index (χ4v) is 1.47. The van der Waals surface area contributed by atoms with Gasteiger partial charge < -0.3 is 14.4 Å². The van der Waals surface area contributed by atoms with Crippen molar-refractivity contribution in [2.45, 2.75) is 0 Å². The van der Waals surface area contributed by atoms with Crippen molar-refractivity contribution >= 4 is 16.4 Å². The number of hydrogen-bond acceptors (Lipinski definition) is 2. The van der Waals surface area contributed by atoms with Gasteiger partial charge in [-0.25, -0.2) is 0 Å². The molecule has 0 aliphatic heterocycles. The van der Waals surface area contributed by atoms with Crippen LogP contribution in [-0.2, 0) is 20.1 Å². The van der Waals surface area contributed by atoms with Crippen LogP contribution in [0.2, 0.25) is 0 Å². The summed E-state index contributed by atoms with van der Waals surface area (Å²) in [5, 5.41) is 1.12. The van der Waals surface area contributed by atoms with Gasteiger partial charge in [-0.2, -0.15) is 0 Å². The maximum Gasteiger partial charge on any atom is 0.0125 e. The van der Waals surface area contributed by atoms with Crippen LogP contribution >= 0.6 is 0 Å². The number of hydrogen-bond donors (Lipinski definition) is 0. The van der Waals surface area contributed by atoms with Crippen LogP contribution in [0.3, 0.4) is 0 Å². The number of rotatable bonds is 0. The van der Waals surface area contributed by atoms with E-state index < -0.39 is 0 Å². The first kappa shape index (κ1) is 9.31. The minimum Gasteiger partial charge on any atom is -0.379 e. The molecule has 0 saturated carbocycles. The van der Waals surface area contributed by atoms with Gasteiger partial charge in [-0.1, -0.05) is 17.6 Å². The molecule has 4 heteroatoms. The predicted octanol–water partition coefficient (Wildman–Crippen LogP) is 1.68. The van der Waals surface area contributed by atoms with E-state index in [0.29, 0.717) is 0 Å². The summed E-state index contributed by atoms with van der Waals surface area (Å²) >= 11 is 0. The molecule has 0 amide bonds. The second-order valence-electron chi connectivity index (χ2n) is 2.87. The van der Waals surface area contributed by atoms with E-state index in [0.717, 1.165) is 16.4 Å². The Labute approximate surface area is 94.1 Å². The zero-order valence-electron chi connectivity index (χ0n) is 7.14. The van der Waals surface area contributed by atoms with E-state index in [1.54, 1.807) is 12.5 Å². The molecule has 0 unspecified atom stereocenters. The number of aromatic nitrogens is 3. The molecule has 0 spiro atoms. The van der Waals surface area contributed by atoms with Gasteiger partial charge in [-0.15, -0.1) is 0 Å². The first-order valence-electron chi connectivity index (χ1n) is 4.03. The summed E-state index contributed by atoms with van der Waals surface area (Å²) in [5.41, 5.74) is 1.88. The average molecular weight is 360 g/mol. The largest absolute Gasteiger partial charge is 0.379 e. The number of pyridine rings is 2. The second kappa shape index (κ2) is 3.48. The summed E-state index contributed by atoms with van der Waals surface area (Å²) in [6.45, 7) is 0. The molecule has 0 bridgehead atoms. The van der Waals surface area contributed by atoms with Gasteiger partial charge >= 0.3 is 0 Å². The van der Waals surface area contributed by atoms with Crippen molar-refractivity contribution in [3.8, 4) is 0 Å². The van der Waals surface area contributed by atoms with Crippen LogP contribution in [0, 0.1) is 6.20 Å². The van der Waals surface area contributed by atoms with Gasteiger partial charge in [0.1, 0.15) is 0 Å². The molecule has 3 aromatic rings. The molecule has 3 rings (SSSR count). The van der Waals surface area contributed by atoms with E-state index in [9.17, 15) is 0 Å². The fourth-order valence-electron chi connectivity index (χ4n) is 1.47. The third kappa shape index (κ3) is 1.24. The van der Waals surface area contributed by atoms with Crippen molar-refractivity contribution < 1.29 is 20.1 Å². The Morgan fingerprint density at radius 2 is 2.21 bits per heavy atom. The third-order valence-corrected chi connectivity index (χ3v) is 2.09. The van der Waals surface area contributed by atoms with Crippen LogP contribution < -0.4 is 0 Å². The minimum absolute atomic E-state index is 0. The molecule has 0 aliphatic carbocycles. The summed E-state index contributed by atoms with van der Waals surface area (Å²) in [4.78, 5) is 8.24. The summed E-state index contributed by atoms with van der Waals surface area (Å²) in [5.74, 6) is 0. The SMILES string of the molecule is [Ir].[c-]1ncn2ccc3cccnc3c12. The van der Waals surface area contributed by atoms with E-state index in [4.69, 9.17) is 0 Å². The van der Waals surface area contributed by atoms with Crippen molar-refractivity contribution in [3.63, 3.8) is 0 Å². The molecule has 3 nitrogen and oxygen atoms in total. The topological polar surface area (TPSA) is 30.2 Å². The van der Waals surface area contributed by atoms with Gasteiger partial charge in [0.05, 0.1) is 0 Å². The standard InChI is InChI=1S/C10H6N3.Ir/c1-2-8-3-5-13-7-11-6-9(13)10(8)12-4-1;/h1-5,7H;/q-1;. The molecular weight excluding hydrogens is 354 g/mol. The second-order valence-corrected chi connectivity index (χ2v) is 2.87. The van der Waals surface area contributed by atoms with E-state index in [-0.39, 0.29) is 20.1 Å². The average Bonchev–Trinajstić information content (AvgIpc) is 2.65. The Balaban J connectivity index is 0.000000750. The van der Waals surface area contributed by atoms with Crippen molar-refractivity contribution in [2.24, 2.45) is 0 Å². The van der Waals surface area contributed by atoms with E-state index in [1.807, 2.05) is 28.8 Å². The van der Waals surface area contributed by atoms with Gasteiger partial charge in [0.2, 0.25) is 0 Å². The number of imidazole rings is 1. The molecule has 3 heterocycles. The molecule has 14 heavy (non-hydrogen) atoms. The molecule has 3 aromatic heterocycles. The zero-order valence-corrected chi connectivity index (χ0v) is 9.53. The smallest absolute Gasteiger partial charge is 0.0125 e. The maximum atomic E-state index is 4.29. The molecule has 0 aliphatic rings. The van der Waals surface area contributed by atoms with Gasteiger partial charge in [-0.05, 0) is 35.7 Å². The van der Waals surface area contributed by atoms with E-state index in [1.165, 1.54) is 0 Å². The normalized spacial score (nSPS) is 10.3. The first-order chi connectivity index (χ1) is 6.45. The van der Waals surface area contributed by atoms with Crippen LogP contribution in [0.25, 0.3) is 16.4 Å². The van der Waals surface area contributed by atoms with Gasteiger partial charge in [0.25, 0.3) is 0 Å². The molecule has 0 fully saturated rings. The van der Waals surface area contributed by atoms with Crippen molar-refractivity contribution in [1.29, 1.82) is 0 Å². The first-order valence-corrected chi connectivity index (χ1v) is 4.03. The Morgan fingerprint density at radius 1 is 1.29 bits per heavy atom. The molecule has 1 radical (unpaired) electrons. The summed E-state index contributed by atoms with van der Waals surface area (Å²) in [7, 11) is 0. The van der Waals surface area contributed by atoms with E-state index >= 15 is 0 Å².